The molecule has 2 unspecified atom stereocenters. The van der Waals surface area contributed by atoms with Gasteiger partial charge in [-0.1, -0.05) is 48.5 Å². The Balaban J connectivity index is 1.11. The van der Waals surface area contributed by atoms with Gasteiger partial charge in [0.05, 0.1) is 19.3 Å². The van der Waals surface area contributed by atoms with E-state index in [1.807, 2.05) is 24.3 Å². The Morgan fingerprint density at radius 2 is 1.68 bits per heavy atom. The number of benzene rings is 2. The molecule has 2 aromatic rings. The summed E-state index contributed by atoms with van der Waals surface area (Å²) in [6, 6.07) is 15.9. The Morgan fingerprint density at radius 3 is 2.32 bits per heavy atom. The number of carbonyl (C=O) groups excluding carboxylic acids is 2. The zero-order valence-electron chi connectivity index (χ0n) is 19.0. The maximum atomic E-state index is 12.8. The number of likely N-dealkylation sites (N-methyl/N-ethyl adjacent to an activating group) is 1. The van der Waals surface area contributed by atoms with Crippen LogP contribution < -0.4 is 5.32 Å². The minimum absolute atomic E-state index is 0.00198. The molecule has 2 N–H and O–H groups in total. The molecule has 2 fully saturated rings. The fraction of sp³-hybridized carbons (Fsp3) is 0.423. The van der Waals surface area contributed by atoms with Crippen LogP contribution in [0.5, 0.6) is 0 Å². The van der Waals surface area contributed by atoms with E-state index in [1.54, 1.807) is 7.05 Å². The van der Waals surface area contributed by atoms with E-state index < -0.39 is 24.0 Å². The number of carboxylic acid groups (broad SMARTS) is 1. The zero-order chi connectivity index (χ0) is 23.8. The van der Waals surface area contributed by atoms with Gasteiger partial charge in [0.1, 0.15) is 12.5 Å². The predicted molar refractivity (Wildman–Crippen MR) is 123 cm³/mol. The molecule has 0 bridgehead atoms. The summed E-state index contributed by atoms with van der Waals surface area (Å²) in [7, 11) is 1.63. The predicted octanol–water partition coefficient (Wildman–Crippen LogP) is 2.72. The highest BCUT2D eigenvalue weighted by Crippen LogP contribution is 2.44. The van der Waals surface area contributed by atoms with Crippen molar-refractivity contribution in [3.63, 3.8) is 0 Å². The second-order valence-corrected chi connectivity index (χ2v) is 9.31. The van der Waals surface area contributed by atoms with Gasteiger partial charge in [-0.05, 0) is 34.6 Å². The smallest absolute Gasteiger partial charge is 0.407 e. The molecule has 0 spiro atoms. The normalized spacial score (nSPS) is 24.7. The highest BCUT2D eigenvalue weighted by molar-refractivity contribution is 5.83. The molecule has 2 aliphatic carbocycles. The highest BCUT2D eigenvalue weighted by Gasteiger charge is 2.47. The van der Waals surface area contributed by atoms with Crippen molar-refractivity contribution in [3.8, 4) is 11.1 Å². The van der Waals surface area contributed by atoms with Gasteiger partial charge in [-0.3, -0.25) is 9.59 Å². The summed E-state index contributed by atoms with van der Waals surface area (Å²) >= 11 is 0. The Bertz CT molecular complexity index is 1070. The SMILES string of the molecule is CN(C(=O)[C@H]1C[C@H]1CNC(=O)OCC1c2ccccc2-c2ccccc21)C1COCC1C(=O)O. The largest absolute Gasteiger partial charge is 0.481 e. The van der Waals surface area contributed by atoms with Gasteiger partial charge in [0.25, 0.3) is 0 Å². The number of fused-ring (bicyclic) bond motifs is 3. The molecule has 2 amide bonds. The molecule has 1 heterocycles. The van der Waals surface area contributed by atoms with Crippen LogP contribution in [0.25, 0.3) is 11.1 Å². The Labute approximate surface area is 197 Å². The summed E-state index contributed by atoms with van der Waals surface area (Å²) in [6.45, 7) is 0.946. The van der Waals surface area contributed by atoms with Gasteiger partial charge in [0, 0.05) is 25.4 Å². The Hall–Kier alpha value is -3.39. The number of carbonyl (C=O) groups is 3. The summed E-state index contributed by atoms with van der Waals surface area (Å²) < 4.78 is 10.8. The highest BCUT2D eigenvalue weighted by atomic mass is 16.5. The van der Waals surface area contributed by atoms with Crippen molar-refractivity contribution in [1.82, 2.24) is 10.2 Å². The number of alkyl carbamates (subject to hydrolysis) is 1. The van der Waals surface area contributed by atoms with Crippen molar-refractivity contribution in [2.24, 2.45) is 17.8 Å². The third-order valence-electron chi connectivity index (χ3n) is 7.30. The van der Waals surface area contributed by atoms with Gasteiger partial charge >= 0.3 is 12.1 Å². The van der Waals surface area contributed by atoms with Crippen LogP contribution in [0.2, 0.25) is 0 Å². The molecule has 5 rings (SSSR count). The standard InChI is InChI=1S/C26H28N2O6/c1-28(23-14-33-12-22(23)25(30)31)24(29)20-10-15(20)11-27-26(32)34-13-21-18-8-4-2-6-16(18)17-7-3-5-9-19(17)21/h2-9,15,20-23H,10-14H2,1H3,(H,27,32)(H,30,31)/t15-,20-,22?,23?/m0/s1. The lowest BCUT2D eigenvalue weighted by Gasteiger charge is -2.26. The van der Waals surface area contributed by atoms with Gasteiger partial charge in [-0.2, -0.15) is 0 Å². The lowest BCUT2D eigenvalue weighted by Crippen LogP contribution is -2.45. The van der Waals surface area contributed by atoms with E-state index in [1.165, 1.54) is 16.0 Å². The van der Waals surface area contributed by atoms with Crippen LogP contribution in [0, 0.1) is 17.8 Å². The number of rotatable bonds is 7. The Kier molecular flexibility index (Phi) is 6.00. The number of ether oxygens (including phenoxy) is 2. The van der Waals surface area contributed by atoms with Gasteiger partial charge in [0.15, 0.2) is 0 Å². The molecule has 0 aromatic heterocycles. The monoisotopic (exact) mass is 464 g/mol. The molecule has 8 nitrogen and oxygen atoms in total. The van der Waals surface area contributed by atoms with Crippen LogP contribution >= 0.6 is 0 Å². The maximum Gasteiger partial charge on any atom is 0.407 e. The van der Waals surface area contributed by atoms with E-state index in [9.17, 15) is 19.5 Å². The van der Waals surface area contributed by atoms with Crippen molar-refractivity contribution in [2.45, 2.75) is 18.4 Å². The topological polar surface area (TPSA) is 105 Å². The van der Waals surface area contributed by atoms with E-state index in [2.05, 4.69) is 29.6 Å². The number of carboxylic acids is 1. The average molecular weight is 465 g/mol. The second kappa shape index (κ2) is 9.10. The molecule has 1 saturated carbocycles. The van der Waals surface area contributed by atoms with E-state index in [-0.39, 0.29) is 43.5 Å². The van der Waals surface area contributed by atoms with E-state index >= 15 is 0 Å². The number of hydrogen-bond acceptors (Lipinski definition) is 5. The fourth-order valence-corrected chi connectivity index (χ4v) is 5.23. The summed E-state index contributed by atoms with van der Waals surface area (Å²) in [5.74, 6) is -1.94. The van der Waals surface area contributed by atoms with Crippen molar-refractivity contribution in [2.75, 3.05) is 33.4 Å². The molecule has 8 heteroatoms. The molecule has 178 valence electrons. The van der Waals surface area contributed by atoms with E-state index in [0.29, 0.717) is 13.0 Å². The van der Waals surface area contributed by atoms with Crippen molar-refractivity contribution < 1.29 is 29.0 Å². The molecule has 1 aliphatic heterocycles. The lowest BCUT2D eigenvalue weighted by atomic mass is 9.98. The molecule has 4 atom stereocenters. The first-order valence-electron chi connectivity index (χ1n) is 11.6. The van der Waals surface area contributed by atoms with E-state index in [0.717, 1.165) is 11.1 Å². The van der Waals surface area contributed by atoms with Crippen molar-refractivity contribution >= 4 is 18.0 Å². The maximum absolute atomic E-state index is 12.8. The minimum atomic E-state index is -0.952. The number of nitrogens with zero attached hydrogens (tertiary/aromatic N) is 1. The summed E-state index contributed by atoms with van der Waals surface area (Å²) in [5, 5.41) is 12.1. The summed E-state index contributed by atoms with van der Waals surface area (Å²) in [4.78, 5) is 38.0. The van der Waals surface area contributed by atoms with Crippen LogP contribution in [0.4, 0.5) is 4.79 Å². The molecular formula is C26H28N2O6. The van der Waals surface area contributed by atoms with Crippen LogP contribution in [0.1, 0.15) is 23.5 Å². The number of nitrogens with one attached hydrogen (secondary N) is 1. The van der Waals surface area contributed by atoms with Crippen molar-refractivity contribution in [3.05, 3.63) is 59.7 Å². The lowest BCUT2D eigenvalue weighted by molar-refractivity contribution is -0.144. The Morgan fingerprint density at radius 1 is 1.03 bits per heavy atom. The quantitative estimate of drug-likeness (QED) is 0.653. The first kappa shape index (κ1) is 22.4. The van der Waals surface area contributed by atoms with Crippen molar-refractivity contribution in [1.29, 1.82) is 0 Å². The van der Waals surface area contributed by atoms with Gasteiger partial charge in [-0.15, -0.1) is 0 Å². The third kappa shape index (κ3) is 4.14. The molecular weight excluding hydrogens is 436 g/mol. The first-order chi connectivity index (χ1) is 16.5. The van der Waals surface area contributed by atoms with E-state index in [4.69, 9.17) is 9.47 Å². The molecule has 0 radical (unpaired) electrons. The van der Waals surface area contributed by atoms with Gasteiger partial charge in [0.2, 0.25) is 5.91 Å². The summed E-state index contributed by atoms with van der Waals surface area (Å²) in [5.41, 5.74) is 4.66. The minimum Gasteiger partial charge on any atom is -0.481 e. The zero-order valence-corrected chi connectivity index (χ0v) is 19.0. The molecule has 1 saturated heterocycles. The van der Waals surface area contributed by atoms with Crippen LogP contribution in [0.3, 0.4) is 0 Å². The average Bonchev–Trinajstić information content (AvgIpc) is 3.31. The second-order valence-electron chi connectivity index (χ2n) is 9.31. The van der Waals surface area contributed by atoms with Crippen LogP contribution in [-0.4, -0.2) is 67.4 Å². The van der Waals surface area contributed by atoms with Crippen LogP contribution in [-0.2, 0) is 19.1 Å². The number of amides is 2. The van der Waals surface area contributed by atoms with Gasteiger partial charge in [-0.25, -0.2) is 4.79 Å². The first-order valence-corrected chi connectivity index (χ1v) is 11.6. The van der Waals surface area contributed by atoms with Gasteiger partial charge < -0.3 is 24.8 Å². The fourth-order valence-electron chi connectivity index (χ4n) is 5.23. The van der Waals surface area contributed by atoms with Crippen LogP contribution in [0.15, 0.2) is 48.5 Å². The third-order valence-corrected chi connectivity index (χ3v) is 7.30. The number of hydrogen-bond donors (Lipinski definition) is 2. The number of aliphatic carboxylic acids is 1. The molecule has 2 aromatic carbocycles. The molecule has 34 heavy (non-hydrogen) atoms. The molecule has 3 aliphatic rings. The summed E-state index contributed by atoms with van der Waals surface area (Å²) in [6.07, 6.45) is 0.168.